The van der Waals surface area contributed by atoms with E-state index in [1.54, 1.807) is 0 Å². The van der Waals surface area contributed by atoms with Gasteiger partial charge in [-0.15, -0.1) is 0 Å². The molecule has 3 atom stereocenters. The van der Waals surface area contributed by atoms with E-state index >= 15 is 0 Å². The summed E-state index contributed by atoms with van der Waals surface area (Å²) in [6.07, 6.45) is 2.98. The molecule has 0 saturated carbocycles. The van der Waals surface area contributed by atoms with Crippen LogP contribution in [0.5, 0.6) is 0 Å². The average molecular weight is 260 g/mol. The van der Waals surface area contributed by atoms with Gasteiger partial charge in [-0.05, 0) is 44.8 Å². The number of hydrogen-bond donors (Lipinski definition) is 1. The second-order valence-electron chi connectivity index (χ2n) is 5.54. The van der Waals surface area contributed by atoms with Gasteiger partial charge in [0, 0.05) is 12.4 Å². The van der Waals surface area contributed by atoms with Gasteiger partial charge in [0.25, 0.3) is 0 Å². The Morgan fingerprint density at radius 2 is 2.35 bits per heavy atom. The van der Waals surface area contributed by atoms with Gasteiger partial charge < -0.3 is 14.6 Å². The molecular weight excluding hydrogens is 236 g/mol. The summed E-state index contributed by atoms with van der Waals surface area (Å²) in [5, 5.41) is 10.2. The molecule has 0 aromatic heterocycles. The minimum Gasteiger partial charge on any atom is -0.390 e. The molecule has 2 rings (SSSR count). The molecule has 100 valence electrons. The van der Waals surface area contributed by atoms with Crippen molar-refractivity contribution < 1.29 is 14.6 Å². The molecule has 17 heavy (non-hydrogen) atoms. The molecule has 1 N–H and O–H groups in total. The summed E-state index contributed by atoms with van der Waals surface area (Å²) in [6.45, 7) is 5.27. The molecule has 3 unspecified atom stereocenters. The number of thioether (sulfide) groups is 1. The second-order valence-corrected chi connectivity index (χ2v) is 6.64. The van der Waals surface area contributed by atoms with Crippen LogP contribution >= 0.6 is 11.8 Å². The highest BCUT2D eigenvalue weighted by Crippen LogP contribution is 2.41. The SMILES string of the molecule is CC(C)OCC(O)C1CCOC2(CCSC2)C1. The first-order valence-electron chi connectivity index (χ1n) is 6.63. The van der Waals surface area contributed by atoms with E-state index in [1.807, 2.05) is 25.6 Å². The molecule has 3 nitrogen and oxygen atoms in total. The van der Waals surface area contributed by atoms with Crippen LogP contribution in [0.4, 0.5) is 0 Å². The quantitative estimate of drug-likeness (QED) is 0.840. The van der Waals surface area contributed by atoms with Crippen molar-refractivity contribution in [2.24, 2.45) is 5.92 Å². The number of ether oxygens (including phenoxy) is 2. The Balaban J connectivity index is 1.84. The van der Waals surface area contributed by atoms with E-state index in [-0.39, 0.29) is 17.8 Å². The van der Waals surface area contributed by atoms with Crippen LogP contribution < -0.4 is 0 Å². The molecule has 2 heterocycles. The van der Waals surface area contributed by atoms with Crippen molar-refractivity contribution in [3.8, 4) is 0 Å². The molecule has 1 spiro atoms. The van der Waals surface area contributed by atoms with Gasteiger partial charge in [-0.1, -0.05) is 0 Å². The summed E-state index contributed by atoms with van der Waals surface area (Å²) in [5.74, 6) is 2.65. The summed E-state index contributed by atoms with van der Waals surface area (Å²) in [4.78, 5) is 0. The fraction of sp³-hybridized carbons (Fsp3) is 1.00. The molecule has 2 fully saturated rings. The third kappa shape index (κ3) is 3.60. The summed E-state index contributed by atoms with van der Waals surface area (Å²) in [7, 11) is 0. The van der Waals surface area contributed by atoms with E-state index in [0.717, 1.165) is 31.6 Å². The van der Waals surface area contributed by atoms with Crippen LogP contribution in [0.3, 0.4) is 0 Å². The maximum Gasteiger partial charge on any atom is 0.0803 e. The van der Waals surface area contributed by atoms with Gasteiger partial charge in [0.2, 0.25) is 0 Å². The van der Waals surface area contributed by atoms with Crippen LogP contribution in [0.2, 0.25) is 0 Å². The highest BCUT2D eigenvalue weighted by atomic mass is 32.2. The third-order valence-corrected chi connectivity index (χ3v) is 4.97. The Labute approximate surface area is 108 Å². The maximum atomic E-state index is 10.2. The predicted octanol–water partition coefficient (Wildman–Crippen LogP) is 2.07. The zero-order valence-electron chi connectivity index (χ0n) is 10.9. The molecule has 2 saturated heterocycles. The van der Waals surface area contributed by atoms with E-state index in [0.29, 0.717) is 12.5 Å². The first kappa shape index (κ1) is 13.7. The molecule has 0 bridgehead atoms. The maximum absolute atomic E-state index is 10.2. The van der Waals surface area contributed by atoms with Gasteiger partial charge in [-0.2, -0.15) is 11.8 Å². The fourth-order valence-corrected chi connectivity index (χ4v) is 4.06. The van der Waals surface area contributed by atoms with Crippen LogP contribution in [-0.4, -0.2) is 47.6 Å². The summed E-state index contributed by atoms with van der Waals surface area (Å²) in [5.41, 5.74) is 0.0619. The Kier molecular flexibility index (Phi) is 4.75. The normalized spacial score (nSPS) is 35.6. The number of hydrogen-bond acceptors (Lipinski definition) is 4. The van der Waals surface area contributed by atoms with Crippen LogP contribution in [-0.2, 0) is 9.47 Å². The van der Waals surface area contributed by atoms with Gasteiger partial charge in [-0.3, -0.25) is 0 Å². The Morgan fingerprint density at radius 3 is 3.00 bits per heavy atom. The van der Waals surface area contributed by atoms with Crippen LogP contribution in [0.25, 0.3) is 0 Å². The average Bonchev–Trinajstić information content (AvgIpc) is 2.74. The molecule has 0 radical (unpaired) electrons. The number of rotatable bonds is 4. The molecular formula is C13H24O3S. The fourth-order valence-electron chi connectivity index (χ4n) is 2.68. The van der Waals surface area contributed by atoms with Crippen molar-refractivity contribution >= 4 is 11.8 Å². The van der Waals surface area contributed by atoms with Gasteiger partial charge >= 0.3 is 0 Å². The lowest BCUT2D eigenvalue weighted by atomic mass is 9.82. The van der Waals surface area contributed by atoms with Crippen molar-refractivity contribution in [3.05, 3.63) is 0 Å². The topological polar surface area (TPSA) is 38.7 Å². The van der Waals surface area contributed by atoms with Crippen LogP contribution in [0, 0.1) is 5.92 Å². The number of aliphatic hydroxyl groups is 1. The Morgan fingerprint density at radius 1 is 1.53 bits per heavy atom. The Bertz CT molecular complexity index is 239. The van der Waals surface area contributed by atoms with Crippen LogP contribution in [0.15, 0.2) is 0 Å². The zero-order chi connectivity index (χ0) is 12.3. The van der Waals surface area contributed by atoms with Gasteiger partial charge in [0.1, 0.15) is 0 Å². The largest absolute Gasteiger partial charge is 0.390 e. The first-order valence-corrected chi connectivity index (χ1v) is 7.78. The highest BCUT2D eigenvalue weighted by Gasteiger charge is 2.42. The monoisotopic (exact) mass is 260 g/mol. The van der Waals surface area contributed by atoms with Crippen molar-refractivity contribution in [2.45, 2.75) is 50.9 Å². The molecule has 2 aliphatic rings. The summed E-state index contributed by atoms with van der Waals surface area (Å²) < 4.78 is 11.5. The van der Waals surface area contributed by atoms with E-state index < -0.39 is 0 Å². The summed E-state index contributed by atoms with van der Waals surface area (Å²) >= 11 is 1.97. The zero-order valence-corrected chi connectivity index (χ0v) is 11.7. The van der Waals surface area contributed by atoms with Gasteiger partial charge in [0.15, 0.2) is 0 Å². The minimum absolute atomic E-state index is 0.0619. The van der Waals surface area contributed by atoms with Crippen molar-refractivity contribution in [1.29, 1.82) is 0 Å². The van der Waals surface area contributed by atoms with Crippen molar-refractivity contribution in [3.63, 3.8) is 0 Å². The lowest BCUT2D eigenvalue weighted by Gasteiger charge is -2.39. The van der Waals surface area contributed by atoms with E-state index in [2.05, 4.69) is 0 Å². The van der Waals surface area contributed by atoms with Crippen molar-refractivity contribution in [1.82, 2.24) is 0 Å². The third-order valence-electron chi connectivity index (χ3n) is 3.74. The summed E-state index contributed by atoms with van der Waals surface area (Å²) in [6, 6.07) is 0. The number of aliphatic hydroxyl groups excluding tert-OH is 1. The molecule has 0 amide bonds. The predicted molar refractivity (Wildman–Crippen MR) is 70.4 cm³/mol. The van der Waals surface area contributed by atoms with Gasteiger partial charge in [0.05, 0.1) is 24.4 Å². The Hall–Kier alpha value is 0.230. The first-order chi connectivity index (χ1) is 8.11. The molecule has 0 aromatic carbocycles. The molecule has 0 aliphatic carbocycles. The highest BCUT2D eigenvalue weighted by molar-refractivity contribution is 7.99. The second kappa shape index (κ2) is 5.91. The lowest BCUT2D eigenvalue weighted by Crippen LogP contribution is -2.44. The van der Waals surface area contributed by atoms with E-state index in [9.17, 15) is 5.11 Å². The lowest BCUT2D eigenvalue weighted by molar-refractivity contribution is -0.114. The van der Waals surface area contributed by atoms with E-state index in [1.165, 1.54) is 5.75 Å². The molecule has 0 aromatic rings. The van der Waals surface area contributed by atoms with E-state index in [4.69, 9.17) is 9.47 Å². The van der Waals surface area contributed by atoms with Gasteiger partial charge in [-0.25, -0.2) is 0 Å². The molecule has 4 heteroatoms. The van der Waals surface area contributed by atoms with Crippen molar-refractivity contribution in [2.75, 3.05) is 24.7 Å². The standard InChI is InChI=1S/C13H24O3S/c1-10(2)15-8-12(14)11-3-5-16-13(7-11)4-6-17-9-13/h10-12,14H,3-9H2,1-2H3. The minimum atomic E-state index is -0.330. The smallest absolute Gasteiger partial charge is 0.0803 e. The molecule has 2 aliphatic heterocycles. The van der Waals surface area contributed by atoms with Crippen LogP contribution in [0.1, 0.15) is 33.1 Å².